The second-order valence-corrected chi connectivity index (χ2v) is 7.35. The normalized spacial score (nSPS) is 25.0. The smallest absolute Gasteiger partial charge is 0.253 e. The molecule has 3 rings (SSSR count). The van der Waals surface area contributed by atoms with Crippen LogP contribution in [0.4, 0.5) is 5.69 Å². The molecule has 0 spiro atoms. The molecule has 2 aliphatic rings. The van der Waals surface area contributed by atoms with Gasteiger partial charge >= 0.3 is 0 Å². The van der Waals surface area contributed by atoms with Crippen LogP contribution in [0.2, 0.25) is 0 Å². The lowest BCUT2D eigenvalue weighted by atomic mass is 9.94. The highest BCUT2D eigenvalue weighted by Gasteiger charge is 2.22. The summed E-state index contributed by atoms with van der Waals surface area (Å²) in [6, 6.07) is 7.95. The second kappa shape index (κ2) is 8.68. The minimum Gasteiger partial charge on any atom is -0.385 e. The zero-order valence-electron chi connectivity index (χ0n) is 15.5. The van der Waals surface area contributed by atoms with Gasteiger partial charge < -0.3 is 19.9 Å². The Morgan fingerprint density at radius 1 is 1.20 bits per heavy atom. The Morgan fingerprint density at radius 2 is 1.92 bits per heavy atom. The van der Waals surface area contributed by atoms with E-state index in [1.165, 1.54) is 0 Å². The van der Waals surface area contributed by atoms with Crippen LogP contribution in [-0.2, 0) is 4.74 Å². The number of amides is 1. The second-order valence-electron chi connectivity index (χ2n) is 7.35. The number of likely N-dealkylation sites (N-methyl/N-ethyl adjacent to an activating group) is 1. The molecule has 2 atom stereocenters. The molecule has 0 aromatic heterocycles. The van der Waals surface area contributed by atoms with Crippen molar-refractivity contribution in [2.75, 3.05) is 51.7 Å². The van der Waals surface area contributed by atoms with E-state index in [1.807, 2.05) is 29.2 Å². The van der Waals surface area contributed by atoms with Gasteiger partial charge in [0.05, 0.1) is 6.10 Å². The molecule has 0 radical (unpaired) electrons. The average molecular weight is 345 g/mol. The fourth-order valence-electron chi connectivity index (χ4n) is 3.61. The summed E-state index contributed by atoms with van der Waals surface area (Å²) in [5.74, 6) is 0.820. The third-order valence-corrected chi connectivity index (χ3v) is 5.45. The highest BCUT2D eigenvalue weighted by Crippen LogP contribution is 2.23. The Morgan fingerprint density at radius 3 is 2.60 bits per heavy atom. The molecule has 1 aromatic carbocycles. The molecule has 1 N–H and O–H groups in total. The number of ether oxygens (including phenoxy) is 1. The molecule has 0 saturated carbocycles. The van der Waals surface area contributed by atoms with Crippen molar-refractivity contribution in [3.05, 3.63) is 29.8 Å². The highest BCUT2D eigenvalue weighted by molar-refractivity contribution is 5.94. The summed E-state index contributed by atoms with van der Waals surface area (Å²) < 4.78 is 5.74. The van der Waals surface area contributed by atoms with E-state index in [1.54, 1.807) is 0 Å². The van der Waals surface area contributed by atoms with E-state index in [0.717, 1.165) is 69.8 Å². The molecule has 25 heavy (non-hydrogen) atoms. The molecule has 5 nitrogen and oxygen atoms in total. The minimum absolute atomic E-state index is 0.148. The van der Waals surface area contributed by atoms with Crippen LogP contribution in [0.25, 0.3) is 0 Å². The number of rotatable bonds is 5. The maximum Gasteiger partial charge on any atom is 0.253 e. The molecule has 0 bridgehead atoms. The van der Waals surface area contributed by atoms with E-state index in [0.29, 0.717) is 12.0 Å². The van der Waals surface area contributed by atoms with E-state index in [-0.39, 0.29) is 5.91 Å². The van der Waals surface area contributed by atoms with Crippen molar-refractivity contribution in [1.82, 2.24) is 9.80 Å². The first-order valence-electron chi connectivity index (χ1n) is 9.59. The summed E-state index contributed by atoms with van der Waals surface area (Å²) in [6.45, 7) is 7.59. The molecule has 5 heteroatoms. The number of carbonyl (C=O) groups excluding carboxylic acids is 1. The average Bonchev–Trinajstić information content (AvgIpc) is 2.67. The Balaban J connectivity index is 1.49. The maximum atomic E-state index is 12.6. The predicted octanol–water partition coefficient (Wildman–Crippen LogP) is 2.69. The Bertz CT molecular complexity index is 553. The third-order valence-electron chi connectivity index (χ3n) is 5.45. The maximum absolute atomic E-state index is 12.6. The summed E-state index contributed by atoms with van der Waals surface area (Å²) in [6.07, 6.45) is 3.79. The van der Waals surface area contributed by atoms with E-state index in [9.17, 15) is 4.79 Å². The summed E-state index contributed by atoms with van der Waals surface area (Å²) in [5.41, 5.74) is 1.88. The lowest BCUT2D eigenvalue weighted by molar-refractivity contribution is -0.00759. The summed E-state index contributed by atoms with van der Waals surface area (Å²) in [5, 5.41) is 3.52. The molecule has 2 fully saturated rings. The number of nitrogens with one attached hydrogen (secondary N) is 1. The van der Waals surface area contributed by atoms with Gasteiger partial charge in [-0.1, -0.05) is 6.92 Å². The monoisotopic (exact) mass is 345 g/mol. The van der Waals surface area contributed by atoms with Gasteiger partial charge in [0, 0.05) is 50.6 Å². The summed E-state index contributed by atoms with van der Waals surface area (Å²) >= 11 is 0. The molecule has 0 unspecified atom stereocenters. The number of benzene rings is 1. The fraction of sp³-hybridized carbons (Fsp3) is 0.650. The van der Waals surface area contributed by atoms with Gasteiger partial charge in [-0.25, -0.2) is 0 Å². The van der Waals surface area contributed by atoms with E-state index >= 15 is 0 Å². The van der Waals surface area contributed by atoms with Crippen molar-refractivity contribution < 1.29 is 9.53 Å². The van der Waals surface area contributed by atoms with Crippen molar-refractivity contribution in [2.24, 2.45) is 5.92 Å². The van der Waals surface area contributed by atoms with Crippen LogP contribution in [0.1, 0.15) is 36.5 Å². The zero-order chi connectivity index (χ0) is 17.6. The Hall–Kier alpha value is -1.59. The first-order valence-corrected chi connectivity index (χ1v) is 9.59. The topological polar surface area (TPSA) is 44.8 Å². The number of anilines is 1. The molecular formula is C20H31N3O2. The third kappa shape index (κ3) is 4.95. The van der Waals surface area contributed by atoms with Crippen LogP contribution in [0.15, 0.2) is 24.3 Å². The Labute approximate surface area is 151 Å². The Kier molecular flexibility index (Phi) is 6.32. The number of piperazine rings is 1. The molecule has 0 aliphatic carbocycles. The molecule has 1 amide bonds. The largest absolute Gasteiger partial charge is 0.385 e. The number of hydrogen-bond acceptors (Lipinski definition) is 4. The van der Waals surface area contributed by atoms with Crippen molar-refractivity contribution in [3.8, 4) is 0 Å². The van der Waals surface area contributed by atoms with Crippen molar-refractivity contribution in [3.63, 3.8) is 0 Å². The molecule has 2 aliphatic heterocycles. The lowest BCUT2D eigenvalue weighted by Gasteiger charge is -2.32. The highest BCUT2D eigenvalue weighted by atomic mass is 16.5. The molecule has 1 aromatic rings. The van der Waals surface area contributed by atoms with Crippen LogP contribution in [0.5, 0.6) is 0 Å². The molecule has 2 saturated heterocycles. The van der Waals surface area contributed by atoms with E-state index in [2.05, 4.69) is 24.2 Å². The van der Waals surface area contributed by atoms with Crippen LogP contribution in [0.3, 0.4) is 0 Å². The lowest BCUT2D eigenvalue weighted by Crippen LogP contribution is -2.47. The standard InChI is InChI=1S/C20H31N3O2/c1-3-19-14-16(8-13-25-19)15-21-18-6-4-17(5-7-18)20(24)23-11-9-22(2)10-12-23/h4-7,16,19,21H,3,8-15H2,1-2H3/t16-,19-/m1/s1. The van der Waals surface area contributed by atoms with Crippen molar-refractivity contribution in [2.45, 2.75) is 32.3 Å². The van der Waals surface area contributed by atoms with E-state index < -0.39 is 0 Å². The quantitative estimate of drug-likeness (QED) is 0.891. The number of carbonyl (C=O) groups is 1. The van der Waals surface area contributed by atoms with Gasteiger partial charge in [0.15, 0.2) is 0 Å². The SMILES string of the molecule is CC[C@@H]1C[C@H](CNc2ccc(C(=O)N3CCN(C)CC3)cc2)CCO1. The van der Waals surface area contributed by atoms with Gasteiger partial charge in [-0.15, -0.1) is 0 Å². The number of nitrogens with zero attached hydrogens (tertiary/aromatic N) is 2. The van der Waals surface area contributed by atoms with Gasteiger partial charge in [0.1, 0.15) is 0 Å². The first kappa shape index (κ1) is 18.2. The van der Waals surface area contributed by atoms with Crippen LogP contribution in [-0.4, -0.2) is 68.2 Å². The predicted molar refractivity (Wildman–Crippen MR) is 101 cm³/mol. The van der Waals surface area contributed by atoms with Gasteiger partial charge in [0.25, 0.3) is 5.91 Å². The van der Waals surface area contributed by atoms with Crippen molar-refractivity contribution in [1.29, 1.82) is 0 Å². The minimum atomic E-state index is 0.148. The fourth-order valence-corrected chi connectivity index (χ4v) is 3.61. The van der Waals surface area contributed by atoms with Crippen LogP contribution < -0.4 is 5.32 Å². The summed E-state index contributed by atoms with van der Waals surface area (Å²) in [7, 11) is 2.10. The van der Waals surface area contributed by atoms with Crippen LogP contribution in [0, 0.1) is 5.92 Å². The summed E-state index contributed by atoms with van der Waals surface area (Å²) in [4.78, 5) is 16.8. The van der Waals surface area contributed by atoms with Crippen LogP contribution >= 0.6 is 0 Å². The van der Waals surface area contributed by atoms with Crippen molar-refractivity contribution >= 4 is 11.6 Å². The molecule has 2 heterocycles. The molecular weight excluding hydrogens is 314 g/mol. The zero-order valence-corrected chi connectivity index (χ0v) is 15.5. The van der Waals surface area contributed by atoms with Gasteiger partial charge in [0.2, 0.25) is 0 Å². The van der Waals surface area contributed by atoms with Gasteiger partial charge in [-0.3, -0.25) is 4.79 Å². The molecule has 138 valence electrons. The van der Waals surface area contributed by atoms with Gasteiger partial charge in [-0.05, 0) is 56.5 Å². The first-order chi connectivity index (χ1) is 12.2. The number of hydrogen-bond donors (Lipinski definition) is 1. The van der Waals surface area contributed by atoms with E-state index in [4.69, 9.17) is 4.74 Å². The van der Waals surface area contributed by atoms with Gasteiger partial charge in [-0.2, -0.15) is 0 Å².